The number of piperidine rings is 1. The van der Waals surface area contributed by atoms with Gasteiger partial charge in [-0.15, -0.1) is 0 Å². The Kier molecular flexibility index (Phi) is 6.58. The topological polar surface area (TPSA) is 94.6 Å². The van der Waals surface area contributed by atoms with Crippen LogP contribution in [-0.4, -0.2) is 41.6 Å². The molecule has 170 valence electrons. The summed E-state index contributed by atoms with van der Waals surface area (Å²) >= 11 is 0. The van der Waals surface area contributed by atoms with Crippen LogP contribution in [0.1, 0.15) is 44.2 Å². The summed E-state index contributed by atoms with van der Waals surface area (Å²) in [6.45, 7) is 6.37. The van der Waals surface area contributed by atoms with E-state index in [-0.39, 0.29) is 23.1 Å². The van der Waals surface area contributed by atoms with Crippen LogP contribution in [0.5, 0.6) is 0 Å². The smallest absolute Gasteiger partial charge is 0.246 e. The number of anilines is 1. The van der Waals surface area contributed by atoms with Gasteiger partial charge >= 0.3 is 0 Å². The molecule has 0 bridgehead atoms. The highest BCUT2D eigenvalue weighted by Crippen LogP contribution is 2.34. The van der Waals surface area contributed by atoms with E-state index in [1.165, 1.54) is 5.56 Å². The van der Waals surface area contributed by atoms with E-state index in [0.29, 0.717) is 18.8 Å². The Morgan fingerprint density at radius 1 is 1.19 bits per heavy atom. The Labute approximate surface area is 189 Å². The highest BCUT2D eigenvalue weighted by atomic mass is 16.5. The maximum absolute atomic E-state index is 13.4. The van der Waals surface area contributed by atoms with E-state index in [4.69, 9.17) is 5.21 Å². The number of pyridine rings is 1. The van der Waals surface area contributed by atoms with Crippen LogP contribution in [0.2, 0.25) is 0 Å². The van der Waals surface area contributed by atoms with Crippen LogP contribution >= 0.6 is 0 Å². The molecular weight excluding hydrogens is 404 g/mol. The molecule has 1 fully saturated rings. The summed E-state index contributed by atoms with van der Waals surface area (Å²) in [5.74, 6) is 0.327. The van der Waals surface area contributed by atoms with Gasteiger partial charge in [-0.25, -0.2) is 10.5 Å². The van der Waals surface area contributed by atoms with Crippen molar-refractivity contribution in [3.63, 3.8) is 0 Å². The first-order valence-corrected chi connectivity index (χ1v) is 11.5. The van der Waals surface area contributed by atoms with Gasteiger partial charge in [0.05, 0.1) is 0 Å². The average molecular weight is 437 g/mol. The summed E-state index contributed by atoms with van der Waals surface area (Å²) in [6.07, 6.45) is 5.59. The monoisotopic (exact) mass is 436 g/mol. The lowest BCUT2D eigenvalue weighted by atomic mass is 9.79. The number of aromatic nitrogens is 1. The molecule has 1 aromatic carbocycles. The van der Waals surface area contributed by atoms with Crippen LogP contribution in [0, 0.1) is 11.3 Å². The number of hydrogen-bond acceptors (Lipinski definition) is 5. The highest BCUT2D eigenvalue weighted by Gasteiger charge is 2.38. The minimum atomic E-state index is -0.359. The van der Waals surface area contributed by atoms with E-state index in [1.54, 1.807) is 11.7 Å². The van der Waals surface area contributed by atoms with Crippen molar-refractivity contribution in [2.24, 2.45) is 11.3 Å². The Hall–Kier alpha value is -2.77. The zero-order chi connectivity index (χ0) is 22.7. The van der Waals surface area contributed by atoms with Crippen LogP contribution < -0.4 is 15.7 Å². The van der Waals surface area contributed by atoms with Gasteiger partial charge in [0.15, 0.2) is 0 Å². The third-order valence-corrected chi connectivity index (χ3v) is 7.06. The molecule has 2 aromatic rings. The Morgan fingerprint density at radius 2 is 1.94 bits per heavy atom. The molecule has 3 N–H and O–H groups in total. The van der Waals surface area contributed by atoms with Gasteiger partial charge in [0, 0.05) is 24.1 Å². The van der Waals surface area contributed by atoms with Crippen molar-refractivity contribution in [2.75, 3.05) is 24.5 Å². The fourth-order valence-corrected chi connectivity index (χ4v) is 4.92. The van der Waals surface area contributed by atoms with Gasteiger partial charge in [-0.2, -0.15) is 0 Å². The van der Waals surface area contributed by atoms with Crippen molar-refractivity contribution in [1.29, 1.82) is 0 Å². The summed E-state index contributed by atoms with van der Waals surface area (Å²) < 4.78 is 0. The number of benzene rings is 1. The van der Waals surface area contributed by atoms with Crippen LogP contribution in [0.15, 0.2) is 36.5 Å². The lowest BCUT2D eigenvalue weighted by Crippen LogP contribution is -2.48. The predicted molar refractivity (Wildman–Crippen MR) is 123 cm³/mol. The number of carbonyl (C=O) groups is 2. The molecule has 0 spiro atoms. The average Bonchev–Trinajstić information content (AvgIpc) is 2.84. The van der Waals surface area contributed by atoms with Gasteiger partial charge in [0.25, 0.3) is 0 Å². The number of hydroxylamine groups is 1. The quantitative estimate of drug-likeness (QED) is 0.495. The molecule has 1 saturated heterocycles. The minimum Gasteiger partial charge on any atom is -0.317 e. The fraction of sp³-hybridized carbons (Fsp3) is 0.480. The molecule has 0 saturated carbocycles. The molecule has 2 amide bonds. The Balaban J connectivity index is 1.58. The van der Waals surface area contributed by atoms with Gasteiger partial charge in [-0.05, 0) is 86.5 Å². The second-order valence-corrected chi connectivity index (χ2v) is 9.16. The molecule has 7 heteroatoms. The second-order valence-electron chi connectivity index (χ2n) is 9.16. The summed E-state index contributed by atoms with van der Waals surface area (Å²) in [4.78, 5) is 31.5. The van der Waals surface area contributed by atoms with Gasteiger partial charge in [-0.1, -0.05) is 25.1 Å². The molecule has 1 aliphatic heterocycles. The first kappa shape index (κ1) is 22.4. The number of fused-ring (bicyclic) bond motifs is 1. The molecule has 4 rings (SSSR count). The van der Waals surface area contributed by atoms with Crippen molar-refractivity contribution in [3.8, 4) is 11.1 Å². The van der Waals surface area contributed by atoms with E-state index in [0.717, 1.165) is 55.5 Å². The number of nitrogens with one attached hydrogen (secondary N) is 2. The largest absolute Gasteiger partial charge is 0.317 e. The van der Waals surface area contributed by atoms with E-state index in [1.807, 2.05) is 24.0 Å². The standard InChI is InChI=1S/C25H32N4O3/c1-3-29(24(31)25(2)9-12-26-13-10-25)22-16-20(8-11-27-22)18-4-5-19-15-21(23(30)28-32)7-6-17(19)14-18/h4-5,8,11,14,16,21,26,32H,3,6-7,9-10,12-13,15H2,1-2H3,(H,28,30). The number of rotatable bonds is 5. The number of aryl methyl sites for hydroxylation is 1. The second kappa shape index (κ2) is 9.38. The van der Waals surface area contributed by atoms with Crippen LogP contribution in [0.4, 0.5) is 5.82 Å². The van der Waals surface area contributed by atoms with E-state index < -0.39 is 0 Å². The summed E-state index contributed by atoms with van der Waals surface area (Å²) in [5, 5.41) is 12.3. The van der Waals surface area contributed by atoms with Crippen molar-refractivity contribution in [1.82, 2.24) is 15.8 Å². The molecule has 1 atom stereocenters. The Morgan fingerprint density at radius 3 is 2.66 bits per heavy atom. The zero-order valence-electron chi connectivity index (χ0n) is 18.9. The molecule has 2 heterocycles. The normalized spacial score (nSPS) is 19.7. The number of carbonyl (C=O) groups excluding carboxylic acids is 2. The molecule has 0 radical (unpaired) electrons. The fourth-order valence-electron chi connectivity index (χ4n) is 4.92. The van der Waals surface area contributed by atoms with Gasteiger partial charge in [0.1, 0.15) is 5.82 Å². The van der Waals surface area contributed by atoms with Crippen molar-refractivity contribution < 1.29 is 14.8 Å². The number of nitrogens with zero attached hydrogens (tertiary/aromatic N) is 2. The Bertz CT molecular complexity index is 1000. The third kappa shape index (κ3) is 4.40. The first-order chi connectivity index (χ1) is 15.4. The van der Waals surface area contributed by atoms with Gasteiger partial charge < -0.3 is 5.32 Å². The van der Waals surface area contributed by atoms with Crippen molar-refractivity contribution >= 4 is 17.6 Å². The summed E-state index contributed by atoms with van der Waals surface area (Å²) in [6, 6.07) is 10.3. The number of hydrogen-bond donors (Lipinski definition) is 3. The summed E-state index contributed by atoms with van der Waals surface area (Å²) in [7, 11) is 0. The van der Waals surface area contributed by atoms with Crippen LogP contribution in [0.25, 0.3) is 11.1 Å². The van der Waals surface area contributed by atoms with Gasteiger partial charge in [0.2, 0.25) is 11.8 Å². The SMILES string of the molecule is CCN(C(=O)C1(C)CCNCC1)c1cc(-c2ccc3c(c2)CCC(C(=O)NO)C3)ccn1. The maximum Gasteiger partial charge on any atom is 0.246 e. The van der Waals surface area contributed by atoms with Crippen molar-refractivity contribution in [3.05, 3.63) is 47.7 Å². The van der Waals surface area contributed by atoms with Crippen LogP contribution in [0.3, 0.4) is 0 Å². The number of amides is 2. The van der Waals surface area contributed by atoms with E-state index in [9.17, 15) is 9.59 Å². The maximum atomic E-state index is 13.4. The van der Waals surface area contributed by atoms with Crippen LogP contribution in [-0.2, 0) is 22.4 Å². The predicted octanol–water partition coefficient (Wildman–Crippen LogP) is 3.10. The zero-order valence-corrected chi connectivity index (χ0v) is 18.9. The van der Waals surface area contributed by atoms with E-state index in [2.05, 4.69) is 35.4 Å². The lowest BCUT2D eigenvalue weighted by molar-refractivity contribution is -0.133. The van der Waals surface area contributed by atoms with Gasteiger partial charge in [-0.3, -0.25) is 19.7 Å². The molecule has 1 aromatic heterocycles. The third-order valence-electron chi connectivity index (χ3n) is 7.06. The van der Waals surface area contributed by atoms with Crippen molar-refractivity contribution in [2.45, 2.75) is 46.0 Å². The molecule has 1 aliphatic carbocycles. The first-order valence-electron chi connectivity index (χ1n) is 11.5. The molecule has 1 unspecified atom stereocenters. The highest BCUT2D eigenvalue weighted by molar-refractivity contribution is 5.97. The molecule has 7 nitrogen and oxygen atoms in total. The molecular formula is C25H32N4O3. The lowest BCUT2D eigenvalue weighted by Gasteiger charge is -2.36. The van der Waals surface area contributed by atoms with E-state index >= 15 is 0 Å². The molecule has 2 aliphatic rings. The minimum absolute atomic E-state index is 0.143. The summed E-state index contributed by atoms with van der Waals surface area (Å²) in [5.41, 5.74) is 5.90. The molecule has 32 heavy (non-hydrogen) atoms.